The molecule has 2 N–H and O–H groups in total. The summed E-state index contributed by atoms with van der Waals surface area (Å²) in [6.07, 6.45) is 1.37. The summed E-state index contributed by atoms with van der Waals surface area (Å²) in [5.74, 6) is 1.91. The van der Waals surface area contributed by atoms with E-state index in [4.69, 9.17) is 9.47 Å². The maximum atomic E-state index is 12.4. The lowest BCUT2D eigenvalue weighted by Crippen LogP contribution is -2.15. The van der Waals surface area contributed by atoms with Crippen LogP contribution in [-0.4, -0.2) is 36.6 Å². The fourth-order valence-electron chi connectivity index (χ4n) is 2.00. The third kappa shape index (κ3) is 4.58. The van der Waals surface area contributed by atoms with Gasteiger partial charge in [0.15, 0.2) is 11.5 Å². The molecule has 1 aromatic heterocycles. The zero-order chi connectivity index (χ0) is 17.5. The Kier molecular flexibility index (Phi) is 5.95. The van der Waals surface area contributed by atoms with Crippen LogP contribution in [0.3, 0.4) is 0 Å². The minimum Gasteiger partial charge on any atom is -0.493 e. The lowest BCUT2D eigenvalue weighted by molar-refractivity contribution is 0.102. The van der Waals surface area contributed by atoms with Crippen LogP contribution in [0.2, 0.25) is 0 Å². The fraction of sp³-hybridized carbons (Fsp3) is 0.353. The van der Waals surface area contributed by atoms with Gasteiger partial charge >= 0.3 is 0 Å². The number of rotatable bonds is 7. The highest BCUT2D eigenvalue weighted by Gasteiger charge is 2.11. The fourth-order valence-corrected chi connectivity index (χ4v) is 2.00. The molecule has 0 bridgehead atoms. The molecule has 0 spiro atoms. The number of anilines is 2. The van der Waals surface area contributed by atoms with Crippen molar-refractivity contribution in [3.63, 3.8) is 0 Å². The van der Waals surface area contributed by atoms with Gasteiger partial charge in [-0.1, -0.05) is 13.8 Å². The van der Waals surface area contributed by atoms with E-state index in [1.807, 2.05) is 0 Å². The SMILES string of the molecule is COc1ccc(NC(=O)c2cc(NCC(C)C)ncn2)cc1OC. The Balaban J connectivity index is 2.11. The summed E-state index contributed by atoms with van der Waals surface area (Å²) < 4.78 is 10.4. The van der Waals surface area contributed by atoms with Crippen molar-refractivity contribution in [2.45, 2.75) is 13.8 Å². The maximum Gasteiger partial charge on any atom is 0.274 e. The van der Waals surface area contributed by atoms with Crippen LogP contribution in [0, 0.1) is 5.92 Å². The number of nitrogens with one attached hydrogen (secondary N) is 2. The summed E-state index contributed by atoms with van der Waals surface area (Å²) >= 11 is 0. The van der Waals surface area contributed by atoms with Crippen LogP contribution >= 0.6 is 0 Å². The number of amides is 1. The van der Waals surface area contributed by atoms with Gasteiger partial charge in [0.2, 0.25) is 0 Å². The third-order valence-electron chi connectivity index (χ3n) is 3.23. The molecule has 128 valence electrons. The van der Waals surface area contributed by atoms with Crippen molar-refractivity contribution >= 4 is 17.4 Å². The molecule has 24 heavy (non-hydrogen) atoms. The Morgan fingerprint density at radius 2 is 1.88 bits per heavy atom. The van der Waals surface area contributed by atoms with Crippen LogP contribution in [0.4, 0.5) is 11.5 Å². The molecule has 0 atom stereocenters. The number of carbonyl (C=O) groups excluding carboxylic acids is 1. The molecular weight excluding hydrogens is 308 g/mol. The molecule has 2 aromatic rings. The van der Waals surface area contributed by atoms with Crippen LogP contribution in [0.5, 0.6) is 11.5 Å². The number of methoxy groups -OCH3 is 2. The van der Waals surface area contributed by atoms with E-state index in [1.54, 1.807) is 38.5 Å². The minimum absolute atomic E-state index is 0.283. The second kappa shape index (κ2) is 8.14. The molecule has 0 saturated carbocycles. The first-order valence-electron chi connectivity index (χ1n) is 7.62. The van der Waals surface area contributed by atoms with Crippen LogP contribution in [0.25, 0.3) is 0 Å². The monoisotopic (exact) mass is 330 g/mol. The summed E-state index contributed by atoms with van der Waals surface area (Å²) in [5, 5.41) is 5.95. The minimum atomic E-state index is -0.322. The summed E-state index contributed by atoms with van der Waals surface area (Å²) in [4.78, 5) is 20.5. The van der Waals surface area contributed by atoms with Crippen LogP contribution in [0.1, 0.15) is 24.3 Å². The standard InChI is InChI=1S/C17H22N4O3/c1-11(2)9-18-16-8-13(19-10-20-16)17(22)21-12-5-6-14(23-3)15(7-12)24-4/h5-8,10-11H,9H2,1-4H3,(H,21,22)(H,18,19,20). The topological polar surface area (TPSA) is 85.4 Å². The molecule has 0 unspecified atom stereocenters. The van der Waals surface area contributed by atoms with E-state index in [-0.39, 0.29) is 11.6 Å². The average Bonchev–Trinajstić information content (AvgIpc) is 2.60. The normalized spacial score (nSPS) is 10.4. The number of nitrogens with zero attached hydrogens (tertiary/aromatic N) is 2. The average molecular weight is 330 g/mol. The second-order valence-corrected chi connectivity index (χ2v) is 5.59. The lowest BCUT2D eigenvalue weighted by atomic mass is 10.2. The summed E-state index contributed by atoms with van der Waals surface area (Å²) in [5.41, 5.74) is 0.874. The van der Waals surface area contributed by atoms with Gasteiger partial charge in [0.25, 0.3) is 5.91 Å². The Bertz CT molecular complexity index is 704. The van der Waals surface area contributed by atoms with E-state index in [0.29, 0.717) is 28.9 Å². The van der Waals surface area contributed by atoms with Gasteiger partial charge in [-0.2, -0.15) is 0 Å². The van der Waals surface area contributed by atoms with Crippen LogP contribution in [0.15, 0.2) is 30.6 Å². The largest absolute Gasteiger partial charge is 0.493 e. The molecule has 1 heterocycles. The number of benzene rings is 1. The zero-order valence-corrected chi connectivity index (χ0v) is 14.3. The number of aromatic nitrogens is 2. The van der Waals surface area contributed by atoms with Crippen molar-refractivity contribution in [3.8, 4) is 11.5 Å². The van der Waals surface area contributed by atoms with Crippen molar-refractivity contribution in [2.24, 2.45) is 5.92 Å². The predicted molar refractivity (Wildman–Crippen MR) is 92.9 cm³/mol. The van der Waals surface area contributed by atoms with E-state index in [9.17, 15) is 4.79 Å². The van der Waals surface area contributed by atoms with Crippen molar-refractivity contribution < 1.29 is 14.3 Å². The first kappa shape index (κ1) is 17.5. The molecule has 0 aliphatic rings. The van der Waals surface area contributed by atoms with Crippen LogP contribution in [-0.2, 0) is 0 Å². The first-order chi connectivity index (χ1) is 11.5. The Morgan fingerprint density at radius 1 is 1.12 bits per heavy atom. The van der Waals surface area contributed by atoms with Crippen molar-refractivity contribution in [1.82, 2.24) is 9.97 Å². The van der Waals surface area contributed by atoms with Gasteiger partial charge in [-0.15, -0.1) is 0 Å². The maximum absolute atomic E-state index is 12.4. The zero-order valence-electron chi connectivity index (χ0n) is 14.3. The molecule has 1 aromatic carbocycles. The highest BCUT2D eigenvalue weighted by Crippen LogP contribution is 2.29. The molecule has 0 radical (unpaired) electrons. The quantitative estimate of drug-likeness (QED) is 0.812. The second-order valence-electron chi connectivity index (χ2n) is 5.59. The molecule has 1 amide bonds. The summed E-state index contributed by atoms with van der Waals surface area (Å²) in [6, 6.07) is 6.77. The summed E-state index contributed by atoms with van der Waals surface area (Å²) in [6.45, 7) is 4.96. The molecule has 7 heteroatoms. The summed E-state index contributed by atoms with van der Waals surface area (Å²) in [7, 11) is 3.10. The van der Waals surface area contributed by atoms with Gasteiger partial charge in [0.05, 0.1) is 14.2 Å². The number of carbonyl (C=O) groups is 1. The van der Waals surface area contributed by atoms with E-state index in [0.717, 1.165) is 6.54 Å². The van der Waals surface area contributed by atoms with Crippen molar-refractivity contribution in [3.05, 3.63) is 36.3 Å². The highest BCUT2D eigenvalue weighted by atomic mass is 16.5. The number of hydrogen-bond acceptors (Lipinski definition) is 6. The molecule has 0 fully saturated rings. The van der Waals surface area contributed by atoms with Gasteiger partial charge in [0.1, 0.15) is 17.8 Å². The molecule has 7 nitrogen and oxygen atoms in total. The number of ether oxygens (including phenoxy) is 2. The molecule has 2 rings (SSSR count). The number of hydrogen-bond donors (Lipinski definition) is 2. The van der Waals surface area contributed by atoms with E-state index < -0.39 is 0 Å². The molecule has 0 aliphatic carbocycles. The third-order valence-corrected chi connectivity index (χ3v) is 3.23. The molecule has 0 saturated heterocycles. The van der Waals surface area contributed by atoms with E-state index >= 15 is 0 Å². The van der Waals surface area contributed by atoms with Gasteiger partial charge in [-0.05, 0) is 18.1 Å². The van der Waals surface area contributed by atoms with Gasteiger partial charge < -0.3 is 20.1 Å². The van der Waals surface area contributed by atoms with Crippen molar-refractivity contribution in [1.29, 1.82) is 0 Å². The predicted octanol–water partition coefficient (Wildman–Crippen LogP) is 2.81. The van der Waals surface area contributed by atoms with Crippen molar-refractivity contribution in [2.75, 3.05) is 31.4 Å². The Labute approximate surface area is 141 Å². The van der Waals surface area contributed by atoms with Crippen LogP contribution < -0.4 is 20.1 Å². The molecule has 0 aliphatic heterocycles. The van der Waals surface area contributed by atoms with E-state index in [1.165, 1.54) is 6.33 Å². The van der Waals surface area contributed by atoms with Gasteiger partial charge in [-0.3, -0.25) is 4.79 Å². The molecular formula is C17H22N4O3. The smallest absolute Gasteiger partial charge is 0.274 e. The lowest BCUT2D eigenvalue weighted by Gasteiger charge is -2.11. The Morgan fingerprint density at radius 3 is 2.54 bits per heavy atom. The van der Waals surface area contributed by atoms with Gasteiger partial charge in [-0.25, -0.2) is 9.97 Å². The van der Waals surface area contributed by atoms with E-state index in [2.05, 4.69) is 34.4 Å². The van der Waals surface area contributed by atoms with Gasteiger partial charge in [0, 0.05) is 24.4 Å². The highest BCUT2D eigenvalue weighted by molar-refractivity contribution is 6.03. The Hall–Kier alpha value is -2.83. The first-order valence-corrected chi connectivity index (χ1v) is 7.62.